The number of benzene rings is 2. The zero-order chi connectivity index (χ0) is 31.1. The number of nitrogens with one attached hydrogen (secondary N) is 1. The number of pyridine rings is 1. The molecule has 1 saturated heterocycles. The SMILES string of the molecule is CC1(C)CCC(CN2CCN(c3ccc(N4CCCOc5nc6[nH]ccc6cc54)c(C(=O)O)c3)CC2)=C(c2ccc(Cl)cc2)C1. The number of H-pyrrole nitrogens is 1. The fourth-order valence-electron chi connectivity index (χ4n) is 7.04. The summed E-state index contributed by atoms with van der Waals surface area (Å²) in [7, 11) is 0. The number of aromatic carboxylic acids is 1. The molecule has 0 atom stereocenters. The van der Waals surface area contributed by atoms with E-state index in [1.165, 1.54) is 23.1 Å². The smallest absolute Gasteiger partial charge is 0.337 e. The Morgan fingerprint density at radius 2 is 1.82 bits per heavy atom. The predicted octanol–water partition coefficient (Wildman–Crippen LogP) is 7.62. The largest absolute Gasteiger partial charge is 0.478 e. The Hall–Kier alpha value is -4.01. The van der Waals surface area contributed by atoms with Gasteiger partial charge in [0.15, 0.2) is 0 Å². The molecule has 4 aromatic rings. The molecule has 0 radical (unpaired) electrons. The molecule has 0 unspecified atom stereocenters. The summed E-state index contributed by atoms with van der Waals surface area (Å²) in [5.74, 6) is -0.412. The van der Waals surface area contributed by atoms with Crippen molar-refractivity contribution in [1.82, 2.24) is 14.9 Å². The highest BCUT2D eigenvalue weighted by atomic mass is 35.5. The maximum absolute atomic E-state index is 12.6. The minimum atomic E-state index is -0.935. The number of hydrogen-bond donors (Lipinski definition) is 2. The average molecular weight is 626 g/mol. The number of carboxylic acids is 1. The first kappa shape index (κ1) is 29.7. The summed E-state index contributed by atoms with van der Waals surface area (Å²) in [5, 5.41) is 12.1. The van der Waals surface area contributed by atoms with Gasteiger partial charge in [0.1, 0.15) is 11.3 Å². The summed E-state index contributed by atoms with van der Waals surface area (Å²) >= 11 is 6.21. The highest BCUT2D eigenvalue weighted by molar-refractivity contribution is 6.30. The molecule has 9 heteroatoms. The van der Waals surface area contributed by atoms with Gasteiger partial charge in [-0.3, -0.25) is 4.90 Å². The number of allylic oxidation sites excluding steroid dienone is 1. The fraction of sp³-hybridized carbons (Fsp3) is 0.389. The molecule has 8 nitrogen and oxygen atoms in total. The molecule has 4 heterocycles. The van der Waals surface area contributed by atoms with Crippen LogP contribution in [0.1, 0.15) is 55.5 Å². The van der Waals surface area contributed by atoms with Gasteiger partial charge in [0.2, 0.25) is 5.88 Å². The average Bonchev–Trinajstić information content (AvgIpc) is 3.39. The van der Waals surface area contributed by atoms with E-state index in [9.17, 15) is 9.90 Å². The topological polar surface area (TPSA) is 84.9 Å². The summed E-state index contributed by atoms with van der Waals surface area (Å²) in [5.41, 5.74) is 8.04. The highest BCUT2D eigenvalue weighted by Gasteiger charge is 2.30. The standard InChI is InChI=1S/C36H40ClN5O3/c1-36(2)12-10-26(30(22-36)24-4-6-27(37)7-5-24)23-40-15-17-41(18-16-40)28-8-9-31(29(21-28)35(43)44)42-14-3-19-45-34-32(42)20-25-11-13-38-33(25)39-34/h4-9,11,13,20-21H,3,10,12,14-19,22-23H2,1-2H3,(H,38,39)(H,43,44). The molecule has 0 spiro atoms. The molecule has 2 aromatic carbocycles. The summed E-state index contributed by atoms with van der Waals surface area (Å²) in [6.45, 7) is 10.4. The third-order valence-electron chi connectivity index (χ3n) is 9.57. The van der Waals surface area contributed by atoms with Gasteiger partial charge in [0.05, 0.1) is 17.9 Å². The fourth-order valence-corrected chi connectivity index (χ4v) is 7.17. The second-order valence-corrected chi connectivity index (χ2v) is 13.7. The van der Waals surface area contributed by atoms with E-state index in [1.54, 1.807) is 0 Å². The van der Waals surface area contributed by atoms with Crippen molar-refractivity contribution in [3.8, 4) is 5.88 Å². The van der Waals surface area contributed by atoms with Crippen LogP contribution in [0, 0.1) is 5.41 Å². The van der Waals surface area contributed by atoms with Gasteiger partial charge in [-0.2, -0.15) is 4.98 Å². The Labute approximate surface area is 269 Å². The molecule has 45 heavy (non-hydrogen) atoms. The number of anilines is 3. The lowest BCUT2D eigenvalue weighted by Gasteiger charge is -2.39. The van der Waals surface area contributed by atoms with Crippen molar-refractivity contribution < 1.29 is 14.6 Å². The Morgan fingerprint density at radius 1 is 1.02 bits per heavy atom. The number of piperazine rings is 1. The van der Waals surface area contributed by atoms with Crippen LogP contribution in [-0.4, -0.2) is 71.8 Å². The van der Waals surface area contributed by atoms with Gasteiger partial charge in [-0.15, -0.1) is 0 Å². The Kier molecular flexibility index (Phi) is 7.96. The number of aromatic amines is 1. The first-order valence-electron chi connectivity index (χ1n) is 15.9. The number of fused-ring (bicyclic) bond motifs is 2. The van der Waals surface area contributed by atoms with E-state index < -0.39 is 5.97 Å². The van der Waals surface area contributed by atoms with Crippen molar-refractivity contribution in [3.63, 3.8) is 0 Å². The lowest BCUT2D eigenvalue weighted by molar-refractivity contribution is 0.0697. The highest BCUT2D eigenvalue weighted by Crippen LogP contribution is 2.44. The normalized spacial score (nSPS) is 18.9. The van der Waals surface area contributed by atoms with Gasteiger partial charge in [-0.05, 0) is 84.7 Å². The Balaban J connectivity index is 1.09. The third kappa shape index (κ3) is 6.14. The van der Waals surface area contributed by atoms with Crippen LogP contribution in [0.4, 0.5) is 17.1 Å². The number of hydrogen-bond acceptors (Lipinski definition) is 6. The van der Waals surface area contributed by atoms with Crippen LogP contribution < -0.4 is 14.5 Å². The van der Waals surface area contributed by atoms with Gasteiger partial charge in [-0.25, -0.2) is 4.79 Å². The molecule has 2 N–H and O–H groups in total. The van der Waals surface area contributed by atoms with Crippen LogP contribution in [0.5, 0.6) is 5.88 Å². The minimum absolute atomic E-state index is 0.290. The van der Waals surface area contributed by atoms with Gasteiger partial charge in [-0.1, -0.05) is 43.2 Å². The molecular weight excluding hydrogens is 586 g/mol. The molecule has 7 rings (SSSR count). The first-order valence-corrected chi connectivity index (χ1v) is 16.3. The third-order valence-corrected chi connectivity index (χ3v) is 9.82. The van der Waals surface area contributed by atoms with Crippen LogP contribution in [-0.2, 0) is 0 Å². The van der Waals surface area contributed by atoms with Gasteiger partial charge in [0, 0.05) is 61.6 Å². The first-order chi connectivity index (χ1) is 21.7. The number of aromatic nitrogens is 2. The van der Waals surface area contributed by atoms with Crippen LogP contribution in [0.3, 0.4) is 0 Å². The number of ether oxygens (including phenoxy) is 1. The summed E-state index contributed by atoms with van der Waals surface area (Å²) in [6.07, 6.45) is 6.01. The second-order valence-electron chi connectivity index (χ2n) is 13.3. The summed E-state index contributed by atoms with van der Waals surface area (Å²) < 4.78 is 5.97. The number of carboxylic acid groups (broad SMARTS) is 1. The van der Waals surface area contributed by atoms with E-state index in [0.29, 0.717) is 35.7 Å². The predicted molar refractivity (Wildman–Crippen MR) is 181 cm³/mol. The van der Waals surface area contributed by atoms with E-state index in [4.69, 9.17) is 16.3 Å². The summed E-state index contributed by atoms with van der Waals surface area (Å²) in [4.78, 5) is 27.4. The summed E-state index contributed by atoms with van der Waals surface area (Å²) in [6, 6.07) is 18.2. The maximum atomic E-state index is 12.6. The van der Waals surface area contributed by atoms with Crippen molar-refractivity contribution in [2.24, 2.45) is 5.41 Å². The van der Waals surface area contributed by atoms with Gasteiger partial charge >= 0.3 is 5.97 Å². The van der Waals surface area contributed by atoms with Crippen molar-refractivity contribution in [3.05, 3.63) is 82.5 Å². The van der Waals surface area contributed by atoms with Crippen molar-refractivity contribution in [1.29, 1.82) is 0 Å². The number of nitrogens with zero attached hydrogens (tertiary/aromatic N) is 4. The quantitative estimate of drug-likeness (QED) is 0.228. The molecule has 1 fully saturated rings. The monoisotopic (exact) mass is 625 g/mol. The zero-order valence-corrected chi connectivity index (χ0v) is 26.7. The molecule has 0 saturated carbocycles. The lowest BCUT2D eigenvalue weighted by atomic mass is 9.72. The van der Waals surface area contributed by atoms with E-state index in [0.717, 1.165) is 79.4 Å². The molecule has 0 amide bonds. The van der Waals surface area contributed by atoms with Crippen molar-refractivity contribution >= 4 is 51.2 Å². The van der Waals surface area contributed by atoms with Crippen LogP contribution >= 0.6 is 11.6 Å². The second kappa shape index (κ2) is 12.1. The Bertz CT molecular complexity index is 1750. The number of carbonyl (C=O) groups is 1. The molecule has 2 aromatic heterocycles. The van der Waals surface area contributed by atoms with E-state index in [-0.39, 0.29) is 0 Å². The van der Waals surface area contributed by atoms with Crippen LogP contribution in [0.25, 0.3) is 16.6 Å². The van der Waals surface area contributed by atoms with Crippen molar-refractivity contribution in [2.75, 3.05) is 55.7 Å². The Morgan fingerprint density at radius 3 is 2.60 bits per heavy atom. The number of rotatable bonds is 6. The molecular formula is C36H40ClN5O3. The van der Waals surface area contributed by atoms with Crippen molar-refractivity contribution in [2.45, 2.75) is 39.5 Å². The zero-order valence-electron chi connectivity index (χ0n) is 26.0. The van der Waals surface area contributed by atoms with E-state index >= 15 is 0 Å². The van der Waals surface area contributed by atoms with E-state index in [1.807, 2.05) is 47.5 Å². The molecule has 1 aliphatic carbocycles. The lowest BCUT2D eigenvalue weighted by Crippen LogP contribution is -2.47. The molecule has 2 aliphatic heterocycles. The molecule has 3 aliphatic rings. The van der Waals surface area contributed by atoms with Crippen LogP contribution in [0.2, 0.25) is 5.02 Å². The number of halogens is 1. The maximum Gasteiger partial charge on any atom is 0.337 e. The van der Waals surface area contributed by atoms with Crippen LogP contribution in [0.15, 0.2) is 66.4 Å². The molecule has 234 valence electrons. The molecule has 0 bridgehead atoms. The minimum Gasteiger partial charge on any atom is -0.478 e. The van der Waals surface area contributed by atoms with Gasteiger partial charge < -0.3 is 24.6 Å². The van der Waals surface area contributed by atoms with E-state index in [2.05, 4.69) is 51.8 Å². The van der Waals surface area contributed by atoms with Gasteiger partial charge in [0.25, 0.3) is 0 Å².